The van der Waals surface area contributed by atoms with Crippen LogP contribution < -0.4 is 4.74 Å². The Labute approximate surface area is 146 Å². The molecule has 0 saturated carbocycles. The van der Waals surface area contributed by atoms with Crippen LogP contribution in [0.25, 0.3) is 0 Å². The maximum absolute atomic E-state index is 12.5. The number of methoxy groups -OCH3 is 1. The monoisotopic (exact) mass is 349 g/mol. The molecule has 2 aromatic carbocycles. The minimum atomic E-state index is -0.0252. The van der Waals surface area contributed by atoms with Gasteiger partial charge in [0.15, 0.2) is 0 Å². The number of halogens is 1. The molecule has 0 aliphatic heterocycles. The number of carbonyl (C=O) groups is 1. The Balaban J connectivity index is 2.12. The summed E-state index contributed by atoms with van der Waals surface area (Å²) in [6.45, 7) is 0.440. The summed E-state index contributed by atoms with van der Waals surface area (Å²) in [5.41, 5.74) is 2.78. The zero-order valence-corrected chi connectivity index (χ0v) is 15.1. The van der Waals surface area contributed by atoms with Crippen molar-refractivity contribution in [1.82, 2.24) is 4.90 Å². The number of amides is 1. The highest BCUT2D eigenvalue weighted by Gasteiger charge is 2.14. The molecule has 0 aliphatic rings. The van der Waals surface area contributed by atoms with Crippen molar-refractivity contribution in [2.75, 3.05) is 20.4 Å². The lowest BCUT2D eigenvalue weighted by Gasteiger charge is -2.19. The fourth-order valence-corrected chi connectivity index (χ4v) is 3.05. The van der Waals surface area contributed by atoms with Crippen LogP contribution in [0, 0.1) is 0 Å². The van der Waals surface area contributed by atoms with Gasteiger partial charge < -0.3 is 9.64 Å². The van der Waals surface area contributed by atoms with Gasteiger partial charge in [0.05, 0.1) is 7.11 Å². The lowest BCUT2D eigenvalue weighted by atomic mass is 10.1. The van der Waals surface area contributed by atoms with Crippen LogP contribution in [0.3, 0.4) is 0 Å². The molecule has 0 fully saturated rings. The number of nitrogens with zero attached hydrogens (tertiary/aromatic N) is 1. The Morgan fingerprint density at radius 1 is 1.22 bits per heavy atom. The van der Waals surface area contributed by atoms with Gasteiger partial charge in [0.2, 0.25) is 0 Å². The lowest BCUT2D eigenvalue weighted by Crippen LogP contribution is -2.26. The van der Waals surface area contributed by atoms with Crippen molar-refractivity contribution in [3.05, 3.63) is 64.2 Å². The SMILES string of the molecule is COc1ccc(Cl)cc1CN(C)C(=O)c1ccc(CSC)cc1. The average Bonchev–Trinajstić information content (AvgIpc) is 2.55. The number of carbonyl (C=O) groups excluding carboxylic acids is 1. The molecule has 0 N–H and O–H groups in total. The fourth-order valence-electron chi connectivity index (χ4n) is 2.33. The third-order valence-electron chi connectivity index (χ3n) is 3.51. The number of ether oxygens (including phenoxy) is 1. The minimum absolute atomic E-state index is 0.0252. The van der Waals surface area contributed by atoms with Crippen molar-refractivity contribution in [3.63, 3.8) is 0 Å². The quantitative estimate of drug-likeness (QED) is 0.769. The van der Waals surface area contributed by atoms with Crippen molar-refractivity contribution < 1.29 is 9.53 Å². The van der Waals surface area contributed by atoms with Crippen LogP contribution in [0.15, 0.2) is 42.5 Å². The van der Waals surface area contributed by atoms with Gasteiger partial charge in [-0.25, -0.2) is 0 Å². The van der Waals surface area contributed by atoms with E-state index >= 15 is 0 Å². The van der Waals surface area contributed by atoms with Gasteiger partial charge in [0.1, 0.15) is 5.75 Å². The molecule has 2 aromatic rings. The van der Waals surface area contributed by atoms with Gasteiger partial charge in [-0.15, -0.1) is 0 Å². The number of hydrogen-bond donors (Lipinski definition) is 0. The lowest BCUT2D eigenvalue weighted by molar-refractivity contribution is 0.0784. The Bertz CT molecular complexity index is 673. The third-order valence-corrected chi connectivity index (χ3v) is 4.37. The van der Waals surface area contributed by atoms with Gasteiger partial charge in [-0.3, -0.25) is 4.79 Å². The Hall–Kier alpha value is -1.65. The molecule has 3 nitrogen and oxygen atoms in total. The molecule has 0 atom stereocenters. The second-order valence-corrected chi connectivity index (χ2v) is 6.55. The first-order valence-electron chi connectivity index (χ1n) is 7.21. The highest BCUT2D eigenvalue weighted by molar-refractivity contribution is 7.97. The van der Waals surface area contributed by atoms with Gasteiger partial charge in [-0.2, -0.15) is 11.8 Å². The van der Waals surface area contributed by atoms with Crippen LogP contribution in [0.2, 0.25) is 5.02 Å². The molecule has 0 spiro atoms. The molecule has 1 amide bonds. The van der Waals surface area contributed by atoms with E-state index in [1.165, 1.54) is 5.56 Å². The molecule has 2 rings (SSSR count). The molecular weight excluding hydrogens is 330 g/mol. The number of hydrogen-bond acceptors (Lipinski definition) is 3. The smallest absolute Gasteiger partial charge is 0.253 e. The second kappa shape index (κ2) is 8.27. The molecular formula is C18H20ClNO2S. The van der Waals surface area contributed by atoms with Gasteiger partial charge in [-0.05, 0) is 42.2 Å². The van der Waals surface area contributed by atoms with Crippen molar-refractivity contribution in [3.8, 4) is 5.75 Å². The predicted octanol–water partition coefficient (Wildman–Crippen LogP) is 4.48. The van der Waals surface area contributed by atoms with Gasteiger partial charge in [-0.1, -0.05) is 23.7 Å². The molecule has 122 valence electrons. The molecule has 0 saturated heterocycles. The fraction of sp³-hybridized carbons (Fsp3) is 0.278. The van der Waals surface area contributed by atoms with E-state index in [1.807, 2.05) is 36.4 Å². The van der Waals surface area contributed by atoms with Gasteiger partial charge >= 0.3 is 0 Å². The number of thioether (sulfide) groups is 1. The van der Waals surface area contributed by atoms with Crippen molar-refractivity contribution >= 4 is 29.3 Å². The van der Waals surface area contributed by atoms with Crippen LogP contribution >= 0.6 is 23.4 Å². The summed E-state index contributed by atoms with van der Waals surface area (Å²) < 4.78 is 5.33. The largest absolute Gasteiger partial charge is 0.496 e. The Morgan fingerprint density at radius 2 is 1.91 bits per heavy atom. The van der Waals surface area contributed by atoms with E-state index in [0.717, 1.165) is 17.1 Å². The standard InChI is InChI=1S/C18H20ClNO2S/c1-20(11-15-10-16(19)8-9-17(15)22-2)18(21)14-6-4-13(5-7-14)12-23-3/h4-10H,11-12H2,1-3H3. The highest BCUT2D eigenvalue weighted by atomic mass is 35.5. The van der Waals surface area contributed by atoms with E-state index in [2.05, 4.69) is 6.26 Å². The van der Waals surface area contributed by atoms with Gasteiger partial charge in [0, 0.05) is 35.5 Å². The van der Waals surface area contributed by atoms with Gasteiger partial charge in [0.25, 0.3) is 5.91 Å². The zero-order valence-electron chi connectivity index (χ0n) is 13.5. The van der Waals surface area contributed by atoms with Crippen molar-refractivity contribution in [1.29, 1.82) is 0 Å². The first kappa shape index (κ1) is 17.7. The van der Waals surface area contributed by atoms with Crippen molar-refractivity contribution in [2.45, 2.75) is 12.3 Å². The summed E-state index contributed by atoms with van der Waals surface area (Å²) in [6.07, 6.45) is 2.06. The summed E-state index contributed by atoms with van der Waals surface area (Å²) >= 11 is 7.80. The van der Waals surface area contributed by atoms with E-state index < -0.39 is 0 Å². The molecule has 0 bridgehead atoms. The average molecular weight is 350 g/mol. The molecule has 0 radical (unpaired) electrons. The number of benzene rings is 2. The normalized spacial score (nSPS) is 10.4. The minimum Gasteiger partial charge on any atom is -0.496 e. The maximum atomic E-state index is 12.5. The van der Waals surface area contributed by atoms with E-state index in [0.29, 0.717) is 17.1 Å². The Kier molecular flexibility index (Phi) is 6.37. The molecule has 0 aromatic heterocycles. The Morgan fingerprint density at radius 3 is 2.52 bits per heavy atom. The van der Waals surface area contributed by atoms with Crippen LogP contribution in [-0.4, -0.2) is 31.2 Å². The third kappa shape index (κ3) is 4.66. The van der Waals surface area contributed by atoms with Crippen LogP contribution in [0.4, 0.5) is 0 Å². The summed E-state index contributed by atoms with van der Waals surface area (Å²) in [5, 5.41) is 0.628. The molecule has 5 heteroatoms. The van der Waals surface area contributed by atoms with Crippen LogP contribution in [0.5, 0.6) is 5.75 Å². The topological polar surface area (TPSA) is 29.5 Å². The van der Waals surface area contributed by atoms with Crippen molar-refractivity contribution in [2.24, 2.45) is 0 Å². The summed E-state index contributed by atoms with van der Waals surface area (Å²) in [6, 6.07) is 13.2. The molecule has 23 heavy (non-hydrogen) atoms. The van der Waals surface area contributed by atoms with Crippen LogP contribution in [0.1, 0.15) is 21.5 Å². The molecule has 0 aliphatic carbocycles. The maximum Gasteiger partial charge on any atom is 0.253 e. The zero-order chi connectivity index (χ0) is 16.8. The first-order valence-corrected chi connectivity index (χ1v) is 8.98. The second-order valence-electron chi connectivity index (χ2n) is 5.25. The molecule has 0 heterocycles. The predicted molar refractivity (Wildman–Crippen MR) is 97.5 cm³/mol. The molecule has 0 unspecified atom stereocenters. The summed E-state index contributed by atoms with van der Waals surface area (Å²) in [4.78, 5) is 14.2. The highest BCUT2D eigenvalue weighted by Crippen LogP contribution is 2.24. The van der Waals surface area contributed by atoms with E-state index in [-0.39, 0.29) is 5.91 Å². The van der Waals surface area contributed by atoms with Crippen LogP contribution in [-0.2, 0) is 12.3 Å². The summed E-state index contributed by atoms with van der Waals surface area (Å²) in [5.74, 6) is 1.65. The van der Waals surface area contributed by atoms with E-state index in [4.69, 9.17) is 16.3 Å². The van der Waals surface area contributed by atoms with E-state index in [1.54, 1.807) is 36.9 Å². The number of rotatable bonds is 6. The first-order chi connectivity index (χ1) is 11.0. The van der Waals surface area contributed by atoms with E-state index in [9.17, 15) is 4.79 Å². The summed E-state index contributed by atoms with van der Waals surface area (Å²) in [7, 11) is 3.39.